The number of hydrogen-bond donors (Lipinski definition) is 1. The quantitative estimate of drug-likeness (QED) is 0.703. The Balaban J connectivity index is 2.06. The molecule has 3 aromatic rings. The van der Waals surface area contributed by atoms with Crippen LogP contribution in [0.5, 0.6) is 0 Å². The number of esters is 1. The van der Waals surface area contributed by atoms with Crippen molar-refractivity contribution in [1.82, 2.24) is 14.7 Å². The number of carbonyl (C=O) groups is 2. The number of halogens is 3. The zero-order valence-electron chi connectivity index (χ0n) is 13.3. The standard InChI is InChI=1S/C16H12F3N3O3S/c1-25-11(23)8-20-14(24)12-13(22-5-6-26-15(22)21-12)9-3-2-4-10(7-9)16(17,18)19/h2-7H,8H2,1H3,(H,20,24). The lowest BCUT2D eigenvalue weighted by Crippen LogP contribution is -2.30. The molecular weight excluding hydrogens is 371 g/mol. The molecule has 1 aromatic carbocycles. The second kappa shape index (κ2) is 6.79. The van der Waals surface area contributed by atoms with Gasteiger partial charge in [-0.1, -0.05) is 12.1 Å². The maximum Gasteiger partial charge on any atom is 0.416 e. The van der Waals surface area contributed by atoms with Crippen LogP contribution in [0.2, 0.25) is 0 Å². The number of methoxy groups -OCH3 is 1. The Morgan fingerprint density at radius 1 is 1.35 bits per heavy atom. The minimum atomic E-state index is -4.51. The van der Waals surface area contributed by atoms with Gasteiger partial charge in [0.25, 0.3) is 5.91 Å². The summed E-state index contributed by atoms with van der Waals surface area (Å²) in [6, 6.07) is 4.64. The molecule has 0 unspecified atom stereocenters. The van der Waals surface area contributed by atoms with Crippen molar-refractivity contribution in [3.63, 3.8) is 0 Å². The van der Waals surface area contributed by atoms with Crippen molar-refractivity contribution in [2.75, 3.05) is 13.7 Å². The molecule has 0 aliphatic rings. The Bertz CT molecular complexity index is 978. The lowest BCUT2D eigenvalue weighted by Gasteiger charge is -2.10. The molecule has 0 spiro atoms. The molecule has 26 heavy (non-hydrogen) atoms. The number of nitrogens with zero attached hydrogens (tertiary/aromatic N) is 2. The van der Waals surface area contributed by atoms with Gasteiger partial charge >= 0.3 is 12.1 Å². The number of thiazole rings is 1. The molecule has 1 amide bonds. The summed E-state index contributed by atoms with van der Waals surface area (Å²) in [4.78, 5) is 28.2. The first kappa shape index (κ1) is 17.9. The summed E-state index contributed by atoms with van der Waals surface area (Å²) in [5.74, 6) is -1.33. The van der Waals surface area contributed by atoms with Crippen molar-refractivity contribution in [2.24, 2.45) is 0 Å². The highest BCUT2D eigenvalue weighted by molar-refractivity contribution is 7.15. The van der Waals surface area contributed by atoms with Crippen molar-refractivity contribution >= 4 is 28.2 Å². The first-order valence-electron chi connectivity index (χ1n) is 7.29. The predicted molar refractivity (Wildman–Crippen MR) is 87.9 cm³/mol. The van der Waals surface area contributed by atoms with Gasteiger partial charge in [-0.15, -0.1) is 11.3 Å². The molecule has 0 bridgehead atoms. The second-order valence-electron chi connectivity index (χ2n) is 5.20. The van der Waals surface area contributed by atoms with Gasteiger partial charge in [-0.25, -0.2) is 4.98 Å². The van der Waals surface area contributed by atoms with Gasteiger partial charge in [-0.2, -0.15) is 13.2 Å². The SMILES string of the molecule is COC(=O)CNC(=O)c1nc2sccn2c1-c1cccc(C(F)(F)F)c1. The molecule has 0 fully saturated rings. The van der Waals surface area contributed by atoms with Gasteiger partial charge < -0.3 is 10.1 Å². The number of carbonyl (C=O) groups excluding carboxylic acids is 2. The van der Waals surface area contributed by atoms with Crippen LogP contribution in [0.4, 0.5) is 13.2 Å². The van der Waals surface area contributed by atoms with E-state index in [0.717, 1.165) is 12.1 Å². The number of imidazole rings is 1. The van der Waals surface area contributed by atoms with Gasteiger partial charge in [0.1, 0.15) is 6.54 Å². The fourth-order valence-corrected chi connectivity index (χ4v) is 3.09. The largest absolute Gasteiger partial charge is 0.468 e. The predicted octanol–water partition coefficient (Wildman–Crippen LogP) is 2.98. The van der Waals surface area contributed by atoms with Crippen LogP contribution in [0.3, 0.4) is 0 Å². The Labute approximate surface area is 149 Å². The number of rotatable bonds is 4. The molecule has 6 nitrogen and oxygen atoms in total. The van der Waals surface area contributed by atoms with Gasteiger partial charge in [-0.3, -0.25) is 14.0 Å². The molecule has 3 rings (SSSR count). The number of benzene rings is 1. The summed E-state index contributed by atoms with van der Waals surface area (Å²) in [6.07, 6.45) is -2.90. The third kappa shape index (κ3) is 3.40. The van der Waals surface area contributed by atoms with Crippen LogP contribution in [0.25, 0.3) is 16.2 Å². The summed E-state index contributed by atoms with van der Waals surface area (Å²) in [5.41, 5.74) is -0.496. The number of ether oxygens (including phenoxy) is 1. The summed E-state index contributed by atoms with van der Waals surface area (Å²) < 4.78 is 45.0. The van der Waals surface area contributed by atoms with Crippen LogP contribution < -0.4 is 5.32 Å². The van der Waals surface area contributed by atoms with E-state index < -0.39 is 23.6 Å². The molecule has 1 N–H and O–H groups in total. The molecule has 0 atom stereocenters. The molecule has 0 aliphatic heterocycles. The molecular formula is C16H12F3N3O3S. The lowest BCUT2D eigenvalue weighted by atomic mass is 10.1. The maximum absolute atomic E-state index is 13.0. The minimum absolute atomic E-state index is 0.0694. The summed E-state index contributed by atoms with van der Waals surface area (Å²) >= 11 is 1.23. The Morgan fingerprint density at radius 2 is 2.12 bits per heavy atom. The molecule has 0 saturated heterocycles. The van der Waals surface area contributed by atoms with Crippen LogP contribution in [0.15, 0.2) is 35.8 Å². The maximum atomic E-state index is 13.0. The fourth-order valence-electron chi connectivity index (χ4n) is 2.37. The van der Waals surface area contributed by atoms with Crippen molar-refractivity contribution in [3.8, 4) is 11.3 Å². The van der Waals surface area contributed by atoms with Gasteiger partial charge in [0, 0.05) is 17.1 Å². The van der Waals surface area contributed by atoms with E-state index in [1.807, 2.05) is 0 Å². The van der Waals surface area contributed by atoms with Crippen molar-refractivity contribution in [2.45, 2.75) is 6.18 Å². The summed E-state index contributed by atoms with van der Waals surface area (Å²) in [7, 11) is 1.18. The minimum Gasteiger partial charge on any atom is -0.468 e. The third-order valence-electron chi connectivity index (χ3n) is 3.56. The van der Waals surface area contributed by atoms with Crippen molar-refractivity contribution < 1.29 is 27.5 Å². The number of nitrogens with one attached hydrogen (secondary N) is 1. The van der Waals surface area contributed by atoms with Crippen LogP contribution in [-0.4, -0.2) is 34.9 Å². The Hall–Kier alpha value is -2.88. The lowest BCUT2D eigenvalue weighted by molar-refractivity contribution is -0.139. The van der Waals surface area contributed by atoms with Crippen LogP contribution >= 0.6 is 11.3 Å². The van der Waals surface area contributed by atoms with E-state index in [9.17, 15) is 22.8 Å². The molecule has 2 aromatic heterocycles. The first-order chi connectivity index (χ1) is 12.3. The van der Waals surface area contributed by atoms with Crippen LogP contribution in [-0.2, 0) is 15.7 Å². The van der Waals surface area contributed by atoms with Crippen molar-refractivity contribution in [3.05, 3.63) is 47.1 Å². The van der Waals surface area contributed by atoms with Crippen LogP contribution in [0, 0.1) is 0 Å². The average Bonchev–Trinajstić information content (AvgIpc) is 3.19. The number of aromatic nitrogens is 2. The molecule has 0 radical (unpaired) electrons. The average molecular weight is 383 g/mol. The molecule has 0 aliphatic carbocycles. The first-order valence-corrected chi connectivity index (χ1v) is 8.17. The Kier molecular flexibility index (Phi) is 4.68. The van der Waals surface area contributed by atoms with E-state index in [0.29, 0.717) is 4.96 Å². The highest BCUT2D eigenvalue weighted by Gasteiger charge is 2.31. The number of hydrogen-bond acceptors (Lipinski definition) is 5. The zero-order chi connectivity index (χ0) is 18.9. The normalized spacial score (nSPS) is 11.5. The number of fused-ring (bicyclic) bond motifs is 1. The Morgan fingerprint density at radius 3 is 2.81 bits per heavy atom. The van der Waals surface area contributed by atoms with Crippen LogP contribution in [0.1, 0.15) is 16.1 Å². The van der Waals surface area contributed by atoms with E-state index in [-0.39, 0.29) is 23.5 Å². The molecule has 10 heteroatoms. The highest BCUT2D eigenvalue weighted by Crippen LogP contribution is 2.34. The van der Waals surface area contributed by atoms with Gasteiger partial charge in [0.05, 0.1) is 18.4 Å². The zero-order valence-corrected chi connectivity index (χ0v) is 14.1. The van der Waals surface area contributed by atoms with Crippen molar-refractivity contribution in [1.29, 1.82) is 0 Å². The number of alkyl halides is 3. The smallest absolute Gasteiger partial charge is 0.416 e. The molecule has 0 saturated carbocycles. The fraction of sp³-hybridized carbons (Fsp3) is 0.188. The van der Waals surface area contributed by atoms with E-state index in [4.69, 9.17) is 0 Å². The van der Waals surface area contributed by atoms with Gasteiger partial charge in [0.2, 0.25) is 0 Å². The highest BCUT2D eigenvalue weighted by atomic mass is 32.1. The van der Waals surface area contributed by atoms with E-state index >= 15 is 0 Å². The number of amides is 1. The molecule has 136 valence electrons. The van der Waals surface area contributed by atoms with E-state index in [1.165, 1.54) is 35.0 Å². The van der Waals surface area contributed by atoms with E-state index in [1.54, 1.807) is 11.6 Å². The monoisotopic (exact) mass is 383 g/mol. The molecule has 2 heterocycles. The second-order valence-corrected chi connectivity index (χ2v) is 6.07. The third-order valence-corrected chi connectivity index (χ3v) is 4.32. The topological polar surface area (TPSA) is 72.7 Å². The van der Waals surface area contributed by atoms with Gasteiger partial charge in [-0.05, 0) is 12.1 Å². The van der Waals surface area contributed by atoms with E-state index in [2.05, 4.69) is 15.0 Å². The summed E-state index contributed by atoms with van der Waals surface area (Å²) in [5, 5.41) is 4.05. The van der Waals surface area contributed by atoms with Gasteiger partial charge in [0.15, 0.2) is 10.7 Å². The summed E-state index contributed by atoms with van der Waals surface area (Å²) in [6.45, 7) is -0.372.